The molecule has 1 heterocycles. The third-order valence-electron chi connectivity index (χ3n) is 5.90. The second-order valence-electron chi connectivity index (χ2n) is 8.21. The number of ketones is 1. The molecule has 0 bridgehead atoms. The van der Waals surface area contributed by atoms with Crippen molar-refractivity contribution in [3.8, 4) is 5.75 Å². The summed E-state index contributed by atoms with van der Waals surface area (Å²) in [5.41, 5.74) is 4.67. The molecule has 1 aliphatic heterocycles. The molecule has 0 aromatic heterocycles. The Morgan fingerprint density at radius 2 is 1.81 bits per heavy atom. The number of rotatable bonds is 7. The fourth-order valence-electron chi connectivity index (χ4n) is 4.42. The molecule has 0 fully saturated rings. The third-order valence-corrected chi connectivity index (χ3v) is 5.90. The number of carbonyl (C=O) groups excluding carboxylic acids is 2. The first-order chi connectivity index (χ1) is 15.6. The zero-order valence-electron chi connectivity index (χ0n) is 18.6. The quantitative estimate of drug-likeness (QED) is 0.612. The summed E-state index contributed by atoms with van der Waals surface area (Å²) in [7, 11) is 0. The highest BCUT2D eigenvalue weighted by Crippen LogP contribution is 2.45. The SMILES string of the molecule is CCCOC(=O)C1=C(C)NC2=C(C(=O)CCC2)[C@H]1c1ccccc1OCc1ccccc1. The van der Waals surface area contributed by atoms with Crippen LogP contribution < -0.4 is 10.1 Å². The Bertz CT molecular complexity index is 1070. The van der Waals surface area contributed by atoms with Crippen LogP contribution in [0, 0.1) is 0 Å². The monoisotopic (exact) mass is 431 g/mol. The highest BCUT2D eigenvalue weighted by molar-refractivity contribution is 6.04. The standard InChI is InChI=1S/C27H29NO4/c1-3-16-31-27(30)24-18(2)28-21-13-9-14-22(29)26(21)25(24)20-12-7-8-15-23(20)32-17-19-10-5-4-6-11-19/h4-8,10-12,15,25,28H,3,9,13-14,16-17H2,1-2H3/t25-/m0/s1. The van der Waals surface area contributed by atoms with Crippen LogP contribution in [0.5, 0.6) is 5.75 Å². The fourth-order valence-corrected chi connectivity index (χ4v) is 4.42. The number of hydrogen-bond donors (Lipinski definition) is 1. The van der Waals surface area contributed by atoms with E-state index in [4.69, 9.17) is 9.47 Å². The number of esters is 1. The molecular weight excluding hydrogens is 402 g/mol. The van der Waals surface area contributed by atoms with Gasteiger partial charge in [-0.25, -0.2) is 4.79 Å². The van der Waals surface area contributed by atoms with Gasteiger partial charge in [-0.1, -0.05) is 55.5 Å². The van der Waals surface area contributed by atoms with Crippen LogP contribution in [-0.4, -0.2) is 18.4 Å². The van der Waals surface area contributed by atoms with E-state index in [1.54, 1.807) is 0 Å². The highest BCUT2D eigenvalue weighted by atomic mass is 16.5. The lowest BCUT2D eigenvalue weighted by Gasteiger charge is -2.34. The lowest BCUT2D eigenvalue weighted by atomic mass is 9.75. The summed E-state index contributed by atoms with van der Waals surface area (Å²) >= 11 is 0. The molecule has 0 spiro atoms. The lowest BCUT2D eigenvalue weighted by Crippen LogP contribution is -2.34. The molecule has 2 aromatic rings. The van der Waals surface area contributed by atoms with Gasteiger partial charge >= 0.3 is 5.97 Å². The molecule has 0 saturated heterocycles. The third kappa shape index (κ3) is 4.47. The molecule has 1 atom stereocenters. The van der Waals surface area contributed by atoms with Gasteiger partial charge in [-0.2, -0.15) is 0 Å². The maximum atomic E-state index is 13.1. The zero-order valence-corrected chi connectivity index (χ0v) is 18.6. The fraction of sp³-hybridized carbons (Fsp3) is 0.333. The van der Waals surface area contributed by atoms with Gasteiger partial charge in [0.15, 0.2) is 5.78 Å². The van der Waals surface area contributed by atoms with Crippen molar-refractivity contribution in [3.05, 3.63) is 88.3 Å². The van der Waals surface area contributed by atoms with Crippen molar-refractivity contribution >= 4 is 11.8 Å². The van der Waals surface area contributed by atoms with E-state index < -0.39 is 5.92 Å². The van der Waals surface area contributed by atoms with E-state index >= 15 is 0 Å². The number of hydrogen-bond acceptors (Lipinski definition) is 5. The first-order valence-corrected chi connectivity index (χ1v) is 11.3. The number of ether oxygens (including phenoxy) is 2. The van der Waals surface area contributed by atoms with Crippen LogP contribution in [0.1, 0.15) is 56.6 Å². The van der Waals surface area contributed by atoms with Crippen LogP contribution in [-0.2, 0) is 20.9 Å². The van der Waals surface area contributed by atoms with Gasteiger partial charge in [-0.05, 0) is 37.8 Å². The van der Waals surface area contributed by atoms with E-state index in [0.717, 1.165) is 41.8 Å². The van der Waals surface area contributed by atoms with Gasteiger partial charge in [-0.15, -0.1) is 0 Å². The summed E-state index contributed by atoms with van der Waals surface area (Å²) in [4.78, 5) is 26.2. The first-order valence-electron chi connectivity index (χ1n) is 11.3. The summed E-state index contributed by atoms with van der Waals surface area (Å²) in [6, 6.07) is 17.6. The van der Waals surface area contributed by atoms with Crippen molar-refractivity contribution in [1.82, 2.24) is 5.32 Å². The Balaban J connectivity index is 1.76. The molecule has 1 N–H and O–H groups in total. The van der Waals surface area contributed by atoms with Crippen molar-refractivity contribution < 1.29 is 19.1 Å². The molecule has 0 saturated carbocycles. The minimum atomic E-state index is -0.504. The second kappa shape index (κ2) is 9.86. The van der Waals surface area contributed by atoms with Crippen molar-refractivity contribution in [1.29, 1.82) is 0 Å². The molecular formula is C27H29NO4. The zero-order chi connectivity index (χ0) is 22.5. The van der Waals surface area contributed by atoms with Crippen molar-refractivity contribution in [2.24, 2.45) is 0 Å². The molecule has 5 nitrogen and oxygen atoms in total. The van der Waals surface area contributed by atoms with Gasteiger partial charge < -0.3 is 14.8 Å². The van der Waals surface area contributed by atoms with Gasteiger partial charge in [0.25, 0.3) is 0 Å². The summed E-state index contributed by atoms with van der Waals surface area (Å²) in [6.45, 7) is 4.59. The van der Waals surface area contributed by atoms with Gasteiger partial charge in [0, 0.05) is 29.0 Å². The lowest BCUT2D eigenvalue weighted by molar-refractivity contribution is -0.139. The Hall–Kier alpha value is -3.34. The molecule has 166 valence electrons. The smallest absolute Gasteiger partial charge is 0.336 e. The normalized spacial score (nSPS) is 18.2. The van der Waals surface area contributed by atoms with Gasteiger partial charge in [0.05, 0.1) is 18.1 Å². The average molecular weight is 432 g/mol. The molecule has 0 amide bonds. The molecule has 5 heteroatoms. The van der Waals surface area contributed by atoms with Crippen LogP contribution in [0.15, 0.2) is 77.1 Å². The minimum absolute atomic E-state index is 0.0786. The molecule has 0 unspecified atom stereocenters. The van der Waals surface area contributed by atoms with E-state index in [2.05, 4.69) is 5.32 Å². The highest BCUT2D eigenvalue weighted by Gasteiger charge is 2.40. The van der Waals surface area contributed by atoms with Gasteiger partial charge in [-0.3, -0.25) is 4.79 Å². The summed E-state index contributed by atoms with van der Waals surface area (Å²) in [5.74, 6) is -0.142. The number of Topliss-reactive ketones (excluding diaryl/α,β-unsaturated/α-hetero) is 1. The molecule has 32 heavy (non-hydrogen) atoms. The number of allylic oxidation sites excluding steroid dienone is 3. The number of carbonyl (C=O) groups is 2. The van der Waals surface area contributed by atoms with E-state index in [1.165, 1.54) is 0 Å². The molecule has 1 aliphatic carbocycles. The Morgan fingerprint density at radius 3 is 2.59 bits per heavy atom. The predicted molar refractivity (Wildman–Crippen MR) is 123 cm³/mol. The maximum absolute atomic E-state index is 13.1. The summed E-state index contributed by atoms with van der Waals surface area (Å²) in [6.07, 6.45) is 2.83. The minimum Gasteiger partial charge on any atom is -0.489 e. The molecule has 4 rings (SSSR count). The summed E-state index contributed by atoms with van der Waals surface area (Å²) in [5, 5.41) is 3.33. The van der Waals surface area contributed by atoms with E-state index in [1.807, 2.05) is 68.4 Å². The number of benzene rings is 2. The van der Waals surface area contributed by atoms with Crippen molar-refractivity contribution in [3.63, 3.8) is 0 Å². The van der Waals surface area contributed by atoms with Crippen LogP contribution in [0.2, 0.25) is 0 Å². The first kappa shape index (κ1) is 21.9. The van der Waals surface area contributed by atoms with Crippen molar-refractivity contribution in [2.75, 3.05) is 6.61 Å². The Labute approximate surface area is 189 Å². The van der Waals surface area contributed by atoms with Crippen LogP contribution >= 0.6 is 0 Å². The Kier molecular flexibility index (Phi) is 6.74. The second-order valence-corrected chi connectivity index (χ2v) is 8.21. The van der Waals surface area contributed by atoms with Gasteiger partial charge in [0.2, 0.25) is 0 Å². The number of dihydropyridines is 1. The van der Waals surface area contributed by atoms with Crippen molar-refractivity contribution in [2.45, 2.75) is 52.1 Å². The topological polar surface area (TPSA) is 64.6 Å². The van der Waals surface area contributed by atoms with E-state index in [-0.39, 0.29) is 11.8 Å². The maximum Gasteiger partial charge on any atom is 0.336 e. The largest absolute Gasteiger partial charge is 0.489 e. The van der Waals surface area contributed by atoms with Crippen LogP contribution in [0.4, 0.5) is 0 Å². The predicted octanol–water partition coefficient (Wildman–Crippen LogP) is 5.19. The Morgan fingerprint density at radius 1 is 1.06 bits per heavy atom. The molecule has 0 radical (unpaired) electrons. The molecule has 2 aromatic carbocycles. The van der Waals surface area contributed by atoms with Crippen LogP contribution in [0.25, 0.3) is 0 Å². The van der Waals surface area contributed by atoms with Crippen LogP contribution in [0.3, 0.4) is 0 Å². The average Bonchev–Trinajstić information content (AvgIpc) is 2.81. The summed E-state index contributed by atoms with van der Waals surface area (Å²) < 4.78 is 11.7. The van der Waals surface area contributed by atoms with Gasteiger partial charge in [0.1, 0.15) is 12.4 Å². The van der Waals surface area contributed by atoms with E-state index in [9.17, 15) is 9.59 Å². The number of para-hydroxylation sites is 1. The molecule has 2 aliphatic rings. The van der Waals surface area contributed by atoms with E-state index in [0.29, 0.717) is 36.5 Å². The number of nitrogens with one attached hydrogen (secondary N) is 1.